The predicted molar refractivity (Wildman–Crippen MR) is 121 cm³/mol. The highest BCUT2D eigenvalue weighted by Crippen LogP contribution is 2.68. The molecule has 184 valence electrons. The zero-order valence-electron chi connectivity index (χ0n) is 18.8. The number of alkyl carbamates (subject to hydrolysis) is 1. The molecule has 0 bridgehead atoms. The van der Waals surface area contributed by atoms with Crippen molar-refractivity contribution < 1.29 is 36.7 Å². The van der Waals surface area contributed by atoms with Crippen LogP contribution in [0.2, 0.25) is 0 Å². The van der Waals surface area contributed by atoms with Crippen LogP contribution < -0.4 is 5.32 Å². The Morgan fingerprint density at radius 3 is 2.38 bits per heavy atom. The maximum absolute atomic E-state index is 14.9. The Kier molecular flexibility index (Phi) is 7.45. The number of nitrogens with one attached hydrogen (secondary N) is 2. The van der Waals surface area contributed by atoms with Crippen molar-refractivity contribution in [1.29, 1.82) is 0 Å². The molecule has 3 aromatic rings. The van der Waals surface area contributed by atoms with Crippen LogP contribution in [-0.4, -0.2) is 28.3 Å². The van der Waals surface area contributed by atoms with E-state index >= 15 is 0 Å². The molecule has 11 heteroatoms. The smallest absolute Gasteiger partial charge is 0.427 e. The molecule has 1 aromatic heterocycles. The summed E-state index contributed by atoms with van der Waals surface area (Å²) in [6.45, 7) is 3.96. The number of halogens is 3. The fourth-order valence-electron chi connectivity index (χ4n) is 3.69. The van der Waals surface area contributed by atoms with E-state index in [0.717, 1.165) is 0 Å². The van der Waals surface area contributed by atoms with Gasteiger partial charge in [-0.25, -0.2) is 4.79 Å². The second-order valence-corrected chi connectivity index (χ2v) is 9.83. The molecule has 0 aliphatic rings. The number of benzene rings is 2. The number of fused-ring (bicyclic) bond motifs is 1. The zero-order chi connectivity index (χ0) is 25.1. The quantitative estimate of drug-likeness (QED) is 0.325. The summed E-state index contributed by atoms with van der Waals surface area (Å²) in [6, 6.07) is 14.3. The van der Waals surface area contributed by atoms with Crippen LogP contribution in [0.5, 0.6) is 0 Å². The lowest BCUT2D eigenvalue weighted by Crippen LogP contribution is -2.56. The van der Waals surface area contributed by atoms with E-state index in [1.54, 1.807) is 48.6 Å². The molecule has 0 aliphatic carbocycles. The summed E-state index contributed by atoms with van der Waals surface area (Å²) < 4.78 is 68.3. The molecule has 1 heterocycles. The molecule has 0 radical (unpaired) electrons. The van der Waals surface area contributed by atoms with Crippen LogP contribution in [0.15, 0.2) is 54.6 Å². The fourth-order valence-corrected chi connectivity index (χ4v) is 5.61. The van der Waals surface area contributed by atoms with Gasteiger partial charge in [-0.05, 0) is 31.9 Å². The van der Waals surface area contributed by atoms with Crippen molar-refractivity contribution >= 4 is 24.6 Å². The first-order valence-corrected chi connectivity index (χ1v) is 12.2. The summed E-state index contributed by atoms with van der Waals surface area (Å²) in [7, 11) is -5.65. The van der Waals surface area contributed by atoms with E-state index in [0.29, 0.717) is 11.1 Å². The first-order valence-electron chi connectivity index (χ1n) is 10.6. The van der Waals surface area contributed by atoms with Crippen molar-refractivity contribution in [3.63, 3.8) is 0 Å². The maximum atomic E-state index is 14.9. The van der Waals surface area contributed by atoms with Gasteiger partial charge in [-0.2, -0.15) is 13.2 Å². The Bertz CT molecular complexity index is 1200. The molecule has 3 rings (SSSR count). The van der Waals surface area contributed by atoms with Gasteiger partial charge in [0.05, 0.1) is 6.10 Å². The molecule has 0 fully saturated rings. The summed E-state index contributed by atoms with van der Waals surface area (Å²) in [6.07, 6.45) is -7.78. The molecule has 3 N–H and O–H groups in total. The van der Waals surface area contributed by atoms with Crippen molar-refractivity contribution in [3.8, 4) is 0 Å². The highest BCUT2D eigenvalue weighted by atomic mass is 31.2. The molecular weight excluding hydrogens is 472 g/mol. The van der Waals surface area contributed by atoms with Gasteiger partial charge in [-0.3, -0.25) is 9.88 Å². The highest BCUT2D eigenvalue weighted by Gasteiger charge is 2.71. The number of rotatable bonds is 8. The molecule has 1 amide bonds. The summed E-state index contributed by atoms with van der Waals surface area (Å²) >= 11 is 0. The first kappa shape index (κ1) is 25.8. The van der Waals surface area contributed by atoms with Gasteiger partial charge < -0.3 is 19.1 Å². The van der Waals surface area contributed by atoms with Gasteiger partial charge >= 0.3 is 19.9 Å². The van der Waals surface area contributed by atoms with Gasteiger partial charge in [0.1, 0.15) is 6.61 Å². The second kappa shape index (κ2) is 9.82. The number of carbonyl (C=O) groups excluding carboxylic acids is 1. The Morgan fingerprint density at radius 1 is 1.15 bits per heavy atom. The van der Waals surface area contributed by atoms with Crippen molar-refractivity contribution in [2.75, 3.05) is 0 Å². The minimum absolute atomic E-state index is 0.0164. The van der Waals surface area contributed by atoms with Crippen LogP contribution in [0.1, 0.15) is 37.1 Å². The summed E-state index contributed by atoms with van der Waals surface area (Å²) in [5, 5.41) is -2.07. The van der Waals surface area contributed by atoms with E-state index in [1.807, 2.05) is 0 Å². The number of aromatic amines is 1. The van der Waals surface area contributed by atoms with E-state index in [1.165, 1.54) is 32.0 Å². The molecule has 3 atom stereocenters. The number of hydrogen-bond donors (Lipinski definition) is 3. The Balaban J connectivity index is 2.17. The van der Waals surface area contributed by atoms with Crippen LogP contribution in [0.3, 0.4) is 0 Å². The van der Waals surface area contributed by atoms with Crippen molar-refractivity contribution in [1.82, 2.24) is 10.3 Å². The van der Waals surface area contributed by atoms with Gasteiger partial charge in [0.25, 0.3) is 5.28 Å². The number of amides is 1. The van der Waals surface area contributed by atoms with Crippen molar-refractivity contribution in [2.45, 2.75) is 51.4 Å². The number of carbonyl (C=O) groups is 1. The van der Waals surface area contributed by atoms with Gasteiger partial charge in [0, 0.05) is 22.2 Å². The van der Waals surface area contributed by atoms with Crippen LogP contribution in [0.4, 0.5) is 18.0 Å². The van der Waals surface area contributed by atoms with Crippen LogP contribution >= 0.6 is 7.60 Å². The number of alkyl halides is 3. The third-order valence-electron chi connectivity index (χ3n) is 5.48. The molecular formula is C23H26F3N2O5P. The number of H-pyrrole nitrogens is 1. The summed E-state index contributed by atoms with van der Waals surface area (Å²) in [4.78, 5) is 26.4. The lowest BCUT2D eigenvalue weighted by molar-refractivity contribution is -0.177. The van der Waals surface area contributed by atoms with Gasteiger partial charge in [0.15, 0.2) is 0 Å². The molecule has 0 spiro atoms. The maximum Gasteiger partial charge on any atom is 0.427 e. The average molecular weight is 498 g/mol. The summed E-state index contributed by atoms with van der Waals surface area (Å²) in [5.41, 5.74) is 0.165. The monoisotopic (exact) mass is 498 g/mol. The topological polar surface area (TPSA) is 101 Å². The normalized spacial score (nSPS) is 16.4. The number of aryl methyl sites for hydroxylation is 1. The van der Waals surface area contributed by atoms with Crippen LogP contribution in [-0.2, 0) is 25.7 Å². The number of ether oxygens (including phenoxy) is 1. The van der Waals surface area contributed by atoms with Crippen LogP contribution in [0, 0.1) is 6.92 Å². The second-order valence-electron chi connectivity index (χ2n) is 7.91. The molecule has 34 heavy (non-hydrogen) atoms. The predicted octanol–water partition coefficient (Wildman–Crippen LogP) is 6.12. The minimum Gasteiger partial charge on any atom is -0.445 e. The lowest BCUT2D eigenvalue weighted by Gasteiger charge is -2.39. The van der Waals surface area contributed by atoms with E-state index < -0.39 is 36.8 Å². The average Bonchev–Trinajstić information content (AvgIpc) is 3.11. The number of aromatic nitrogens is 1. The molecule has 2 aromatic carbocycles. The largest absolute Gasteiger partial charge is 0.445 e. The molecule has 3 unspecified atom stereocenters. The van der Waals surface area contributed by atoms with Gasteiger partial charge in [-0.15, -0.1) is 0 Å². The standard InChI is InChI=1S/C23H26F3N2O5P/c1-4-15(2)33-34(30,31)22(23(24,25)26,20-16(3)27-19-13-9-8-12-18(19)20)28-21(29)32-14-17-10-6-5-7-11-17/h5-13,15,27H,4,14H2,1-3H3,(H,28,29)(H,30,31). The van der Waals surface area contributed by atoms with E-state index in [9.17, 15) is 27.4 Å². The molecule has 0 aliphatic heterocycles. The fraction of sp³-hybridized carbons (Fsp3) is 0.348. The lowest BCUT2D eigenvalue weighted by atomic mass is 10.0. The van der Waals surface area contributed by atoms with Gasteiger partial charge in [-0.1, -0.05) is 55.5 Å². The number of hydrogen-bond acceptors (Lipinski definition) is 4. The third kappa shape index (κ3) is 4.85. The molecule has 0 saturated carbocycles. The minimum atomic E-state index is -5.65. The van der Waals surface area contributed by atoms with E-state index in [-0.39, 0.29) is 24.1 Å². The van der Waals surface area contributed by atoms with Gasteiger partial charge in [0.2, 0.25) is 0 Å². The molecule has 0 saturated heterocycles. The van der Waals surface area contributed by atoms with E-state index in [2.05, 4.69) is 4.98 Å². The van der Waals surface area contributed by atoms with Crippen molar-refractivity contribution in [3.05, 3.63) is 71.4 Å². The zero-order valence-corrected chi connectivity index (χ0v) is 19.7. The first-order chi connectivity index (χ1) is 15.9. The van der Waals surface area contributed by atoms with Crippen LogP contribution in [0.25, 0.3) is 10.9 Å². The third-order valence-corrected chi connectivity index (χ3v) is 7.57. The summed E-state index contributed by atoms with van der Waals surface area (Å²) in [5.74, 6) is 0. The van der Waals surface area contributed by atoms with Crippen molar-refractivity contribution in [2.24, 2.45) is 0 Å². The SMILES string of the molecule is CCC(C)OP(=O)(O)C(NC(=O)OCc1ccccc1)(c1c(C)[nH]c2ccccc12)C(F)(F)F. The number of para-hydroxylation sites is 1. The Hall–Kier alpha value is -2.81. The Labute approximate surface area is 194 Å². The molecule has 7 nitrogen and oxygen atoms in total. The Morgan fingerprint density at radius 2 is 1.76 bits per heavy atom. The van der Waals surface area contributed by atoms with E-state index in [4.69, 9.17) is 9.26 Å². The highest BCUT2D eigenvalue weighted by molar-refractivity contribution is 7.54.